The number of carbonyl (C=O) groups excluding carboxylic acids is 1. The molecule has 0 fully saturated rings. The Kier molecular flexibility index (Phi) is 4.92. The van der Waals surface area contributed by atoms with Gasteiger partial charge in [-0.2, -0.15) is 13.2 Å². The minimum atomic E-state index is -4.44. The van der Waals surface area contributed by atoms with Crippen molar-refractivity contribution in [3.63, 3.8) is 0 Å². The molecule has 2 rings (SSSR count). The molecular formula is C14H13F3N4O. The maximum absolute atomic E-state index is 12.6. The van der Waals surface area contributed by atoms with Gasteiger partial charge in [0, 0.05) is 24.6 Å². The van der Waals surface area contributed by atoms with Crippen molar-refractivity contribution in [2.75, 3.05) is 11.9 Å². The summed E-state index contributed by atoms with van der Waals surface area (Å²) >= 11 is 0. The largest absolute Gasteiger partial charge is 0.416 e. The second-order valence-corrected chi connectivity index (χ2v) is 4.46. The Labute approximate surface area is 124 Å². The first-order chi connectivity index (χ1) is 10.4. The summed E-state index contributed by atoms with van der Waals surface area (Å²) in [6, 6.07) is 3.87. The number of benzene rings is 1. The fourth-order valence-corrected chi connectivity index (χ4v) is 1.73. The maximum Gasteiger partial charge on any atom is 0.416 e. The number of hydrogen-bond acceptors (Lipinski definition) is 3. The second-order valence-electron chi connectivity index (χ2n) is 4.46. The van der Waals surface area contributed by atoms with Crippen molar-refractivity contribution >= 4 is 11.7 Å². The van der Waals surface area contributed by atoms with Gasteiger partial charge < -0.3 is 10.6 Å². The number of amides is 2. The third-order valence-electron chi connectivity index (χ3n) is 2.76. The Morgan fingerprint density at radius 3 is 2.59 bits per heavy atom. The normalized spacial score (nSPS) is 11.0. The minimum Gasteiger partial charge on any atom is -0.338 e. The van der Waals surface area contributed by atoms with Crippen LogP contribution in [0.25, 0.3) is 0 Å². The van der Waals surface area contributed by atoms with E-state index in [0.717, 1.165) is 17.7 Å². The van der Waals surface area contributed by atoms with Crippen LogP contribution in [0, 0.1) is 0 Å². The van der Waals surface area contributed by atoms with Crippen molar-refractivity contribution in [3.8, 4) is 0 Å². The first kappa shape index (κ1) is 15.7. The van der Waals surface area contributed by atoms with Crippen LogP contribution in [0.5, 0.6) is 0 Å². The first-order valence-corrected chi connectivity index (χ1v) is 6.41. The standard InChI is InChI=1S/C14H13F3N4O/c15-14(16,17)11-2-1-3-12(6-11)21-13(22)20-5-4-10-7-18-9-19-8-10/h1-3,6-9H,4-5H2,(H2,20,21,22). The average molecular weight is 310 g/mol. The molecule has 0 bridgehead atoms. The van der Waals surface area contributed by atoms with Crippen LogP contribution >= 0.6 is 0 Å². The van der Waals surface area contributed by atoms with Crippen molar-refractivity contribution in [3.05, 3.63) is 54.1 Å². The van der Waals surface area contributed by atoms with E-state index < -0.39 is 17.8 Å². The zero-order chi connectivity index (χ0) is 16.0. The van der Waals surface area contributed by atoms with Gasteiger partial charge in [-0.3, -0.25) is 0 Å². The van der Waals surface area contributed by atoms with Gasteiger partial charge in [-0.15, -0.1) is 0 Å². The fourth-order valence-electron chi connectivity index (χ4n) is 1.73. The van der Waals surface area contributed by atoms with E-state index in [-0.39, 0.29) is 5.69 Å². The van der Waals surface area contributed by atoms with Crippen molar-refractivity contribution in [2.45, 2.75) is 12.6 Å². The molecule has 1 aromatic carbocycles. The quantitative estimate of drug-likeness (QED) is 0.912. The molecule has 0 saturated heterocycles. The van der Waals surface area contributed by atoms with E-state index in [2.05, 4.69) is 20.6 Å². The van der Waals surface area contributed by atoms with Crippen molar-refractivity contribution in [1.82, 2.24) is 15.3 Å². The van der Waals surface area contributed by atoms with E-state index >= 15 is 0 Å². The van der Waals surface area contributed by atoms with Crippen LogP contribution in [-0.4, -0.2) is 22.5 Å². The van der Waals surface area contributed by atoms with Gasteiger partial charge in [0.05, 0.1) is 5.56 Å². The Morgan fingerprint density at radius 1 is 1.18 bits per heavy atom. The summed E-state index contributed by atoms with van der Waals surface area (Å²) in [6.45, 7) is 0.318. The summed E-state index contributed by atoms with van der Waals surface area (Å²) in [4.78, 5) is 19.3. The summed E-state index contributed by atoms with van der Waals surface area (Å²) in [5.41, 5.74) is 0.115. The van der Waals surface area contributed by atoms with Crippen LogP contribution in [0.3, 0.4) is 0 Å². The molecule has 0 spiro atoms. The molecule has 5 nitrogen and oxygen atoms in total. The average Bonchev–Trinajstić information content (AvgIpc) is 2.48. The maximum atomic E-state index is 12.6. The molecule has 2 amide bonds. The number of alkyl halides is 3. The number of nitrogens with one attached hydrogen (secondary N) is 2. The minimum absolute atomic E-state index is 0.0790. The topological polar surface area (TPSA) is 66.9 Å². The molecule has 2 aromatic rings. The number of hydrogen-bond donors (Lipinski definition) is 2. The molecular weight excluding hydrogens is 297 g/mol. The molecule has 8 heteroatoms. The number of urea groups is 1. The summed E-state index contributed by atoms with van der Waals surface area (Å²) in [6.07, 6.45) is 0.731. The van der Waals surface area contributed by atoms with Crippen molar-refractivity contribution < 1.29 is 18.0 Å². The lowest BCUT2D eigenvalue weighted by Gasteiger charge is -2.10. The Bertz CT molecular complexity index is 631. The highest BCUT2D eigenvalue weighted by atomic mass is 19.4. The molecule has 22 heavy (non-hydrogen) atoms. The molecule has 0 unspecified atom stereocenters. The number of halogens is 3. The summed E-state index contributed by atoms with van der Waals surface area (Å²) in [5.74, 6) is 0. The van der Waals surface area contributed by atoms with Gasteiger partial charge >= 0.3 is 12.2 Å². The SMILES string of the molecule is O=C(NCCc1cncnc1)Nc1cccc(C(F)(F)F)c1. The molecule has 1 aromatic heterocycles. The second kappa shape index (κ2) is 6.88. The molecule has 0 aliphatic heterocycles. The molecule has 2 N–H and O–H groups in total. The third kappa shape index (κ3) is 4.72. The fraction of sp³-hybridized carbons (Fsp3) is 0.214. The van der Waals surface area contributed by atoms with Gasteiger partial charge in [0.25, 0.3) is 0 Å². The van der Waals surface area contributed by atoms with E-state index in [1.54, 1.807) is 12.4 Å². The summed E-state index contributed by atoms with van der Waals surface area (Å²) < 4.78 is 37.7. The summed E-state index contributed by atoms with van der Waals surface area (Å²) in [7, 11) is 0. The molecule has 116 valence electrons. The lowest BCUT2D eigenvalue weighted by atomic mass is 10.2. The van der Waals surface area contributed by atoms with Gasteiger partial charge in [0.1, 0.15) is 6.33 Å². The van der Waals surface area contributed by atoms with Crippen LogP contribution in [0.2, 0.25) is 0 Å². The number of anilines is 1. The van der Waals surface area contributed by atoms with Crippen LogP contribution in [0.15, 0.2) is 43.0 Å². The predicted molar refractivity (Wildman–Crippen MR) is 74.2 cm³/mol. The molecule has 0 atom stereocenters. The van der Waals surface area contributed by atoms with Crippen LogP contribution < -0.4 is 10.6 Å². The number of rotatable bonds is 4. The number of carbonyl (C=O) groups is 1. The lowest BCUT2D eigenvalue weighted by molar-refractivity contribution is -0.137. The molecule has 1 heterocycles. The van der Waals surface area contributed by atoms with Gasteiger partial charge in [0.15, 0.2) is 0 Å². The Morgan fingerprint density at radius 2 is 1.91 bits per heavy atom. The van der Waals surface area contributed by atoms with E-state index in [1.165, 1.54) is 18.5 Å². The van der Waals surface area contributed by atoms with Gasteiger partial charge in [-0.25, -0.2) is 14.8 Å². The highest BCUT2D eigenvalue weighted by Crippen LogP contribution is 2.30. The van der Waals surface area contributed by atoms with E-state index in [1.807, 2.05) is 0 Å². The van der Waals surface area contributed by atoms with Crippen LogP contribution in [0.4, 0.5) is 23.7 Å². The number of nitrogens with zero attached hydrogens (tertiary/aromatic N) is 2. The van der Waals surface area contributed by atoms with E-state index in [4.69, 9.17) is 0 Å². The molecule has 0 aliphatic carbocycles. The van der Waals surface area contributed by atoms with Crippen LogP contribution in [0.1, 0.15) is 11.1 Å². The third-order valence-corrected chi connectivity index (χ3v) is 2.76. The predicted octanol–water partition coefficient (Wildman–Crippen LogP) is 2.86. The monoisotopic (exact) mass is 310 g/mol. The smallest absolute Gasteiger partial charge is 0.338 e. The van der Waals surface area contributed by atoms with Gasteiger partial charge in [-0.05, 0) is 30.2 Å². The van der Waals surface area contributed by atoms with E-state index in [9.17, 15) is 18.0 Å². The number of aromatic nitrogens is 2. The molecule has 0 radical (unpaired) electrons. The van der Waals surface area contributed by atoms with E-state index in [0.29, 0.717) is 13.0 Å². The molecule has 0 saturated carbocycles. The molecule has 0 aliphatic rings. The Hall–Kier alpha value is -2.64. The van der Waals surface area contributed by atoms with Gasteiger partial charge in [0.2, 0.25) is 0 Å². The van der Waals surface area contributed by atoms with Crippen molar-refractivity contribution in [2.24, 2.45) is 0 Å². The highest BCUT2D eigenvalue weighted by Gasteiger charge is 2.30. The highest BCUT2D eigenvalue weighted by molar-refractivity contribution is 5.89. The summed E-state index contributed by atoms with van der Waals surface area (Å²) in [5, 5.41) is 4.91. The van der Waals surface area contributed by atoms with Crippen molar-refractivity contribution in [1.29, 1.82) is 0 Å². The van der Waals surface area contributed by atoms with Gasteiger partial charge in [-0.1, -0.05) is 6.07 Å². The zero-order valence-electron chi connectivity index (χ0n) is 11.4. The first-order valence-electron chi connectivity index (χ1n) is 6.41. The van der Waals surface area contributed by atoms with Crippen LogP contribution in [-0.2, 0) is 12.6 Å². The zero-order valence-corrected chi connectivity index (χ0v) is 11.4. The lowest BCUT2D eigenvalue weighted by Crippen LogP contribution is -2.30. The Balaban J connectivity index is 1.84.